The topological polar surface area (TPSA) is 42.7 Å². The molecule has 2 aromatic rings. The van der Waals surface area contributed by atoms with Crippen molar-refractivity contribution in [3.8, 4) is 0 Å². The van der Waals surface area contributed by atoms with Gasteiger partial charge in [-0.25, -0.2) is 0 Å². The number of nitrogens with zero attached hydrogens (tertiary/aromatic N) is 3. The van der Waals surface area contributed by atoms with E-state index in [1.165, 1.54) is 16.8 Å². The summed E-state index contributed by atoms with van der Waals surface area (Å²) in [6.45, 7) is 7.33. The molecule has 19 heavy (non-hydrogen) atoms. The van der Waals surface area contributed by atoms with Crippen LogP contribution in [0.2, 0.25) is 0 Å². The zero-order valence-corrected chi connectivity index (χ0v) is 12.1. The quantitative estimate of drug-likeness (QED) is 0.895. The lowest BCUT2D eigenvalue weighted by Crippen LogP contribution is -2.22. The molecule has 1 unspecified atom stereocenters. The highest BCUT2D eigenvalue weighted by Gasteiger charge is 2.15. The van der Waals surface area contributed by atoms with Gasteiger partial charge in [0.05, 0.1) is 5.69 Å². The molecule has 0 aliphatic heterocycles. The van der Waals surface area contributed by atoms with Gasteiger partial charge in [-0.1, -0.05) is 6.07 Å². The van der Waals surface area contributed by atoms with E-state index in [0.717, 1.165) is 18.7 Å². The van der Waals surface area contributed by atoms with E-state index < -0.39 is 0 Å². The van der Waals surface area contributed by atoms with Crippen LogP contribution < -0.4 is 5.32 Å². The number of nitrogens with one attached hydrogen (secondary N) is 1. The minimum Gasteiger partial charge on any atom is -0.310 e. The van der Waals surface area contributed by atoms with E-state index in [-0.39, 0.29) is 0 Å². The molecule has 1 N–H and O–H groups in total. The number of pyridine rings is 1. The third-order valence-electron chi connectivity index (χ3n) is 3.58. The summed E-state index contributed by atoms with van der Waals surface area (Å²) in [5.74, 6) is 0. The van der Waals surface area contributed by atoms with Crippen LogP contribution in [0.15, 0.2) is 24.5 Å². The highest BCUT2D eigenvalue weighted by Crippen LogP contribution is 2.20. The van der Waals surface area contributed by atoms with Gasteiger partial charge in [-0.05, 0) is 45.4 Å². The molecule has 1 atom stereocenters. The SMILES string of the molecule is Cc1nn(C)c(C)c1C(C)NCCc1cccnc1. The number of aryl methyl sites for hydroxylation is 2. The Morgan fingerprint density at radius 2 is 2.16 bits per heavy atom. The standard InChI is InChI=1S/C15H22N4/c1-11(15-12(2)18-19(4)13(15)3)17-9-7-14-6-5-8-16-10-14/h5-6,8,10-11,17H,7,9H2,1-4H3. The smallest absolute Gasteiger partial charge is 0.0644 e. The van der Waals surface area contributed by atoms with Gasteiger partial charge in [0.25, 0.3) is 0 Å². The van der Waals surface area contributed by atoms with Crippen molar-refractivity contribution in [3.63, 3.8) is 0 Å². The van der Waals surface area contributed by atoms with Crippen molar-refractivity contribution in [1.82, 2.24) is 20.1 Å². The maximum absolute atomic E-state index is 4.46. The molecule has 4 nitrogen and oxygen atoms in total. The van der Waals surface area contributed by atoms with Crippen molar-refractivity contribution in [1.29, 1.82) is 0 Å². The molecule has 0 aromatic carbocycles. The van der Waals surface area contributed by atoms with Gasteiger partial charge in [-0.2, -0.15) is 5.10 Å². The average Bonchev–Trinajstić information content (AvgIpc) is 2.64. The molecule has 2 heterocycles. The molecule has 102 valence electrons. The van der Waals surface area contributed by atoms with Gasteiger partial charge in [0.2, 0.25) is 0 Å². The first-order valence-electron chi connectivity index (χ1n) is 6.72. The molecule has 0 saturated carbocycles. The van der Waals surface area contributed by atoms with Crippen molar-refractivity contribution < 1.29 is 0 Å². The monoisotopic (exact) mass is 258 g/mol. The molecule has 2 aromatic heterocycles. The molecule has 0 fully saturated rings. The Labute approximate surface area is 114 Å². The lowest BCUT2D eigenvalue weighted by Gasteiger charge is -2.14. The summed E-state index contributed by atoms with van der Waals surface area (Å²) in [6, 6.07) is 4.42. The van der Waals surface area contributed by atoms with Gasteiger partial charge < -0.3 is 5.32 Å². The van der Waals surface area contributed by atoms with Crippen molar-refractivity contribution in [2.75, 3.05) is 6.54 Å². The largest absolute Gasteiger partial charge is 0.310 e. The Morgan fingerprint density at radius 3 is 2.74 bits per heavy atom. The normalized spacial score (nSPS) is 12.6. The molecule has 4 heteroatoms. The number of rotatable bonds is 5. The molecule has 0 aliphatic rings. The van der Waals surface area contributed by atoms with Crippen LogP contribution in [0.25, 0.3) is 0 Å². The third-order valence-corrected chi connectivity index (χ3v) is 3.58. The van der Waals surface area contributed by atoms with E-state index >= 15 is 0 Å². The van der Waals surface area contributed by atoms with E-state index in [0.29, 0.717) is 6.04 Å². The molecule has 0 aliphatic carbocycles. The average molecular weight is 258 g/mol. The first-order chi connectivity index (χ1) is 9.09. The number of hydrogen-bond donors (Lipinski definition) is 1. The molecule has 0 amide bonds. The Balaban J connectivity index is 1.93. The lowest BCUT2D eigenvalue weighted by molar-refractivity contribution is 0.570. The molecule has 2 rings (SSSR count). The zero-order chi connectivity index (χ0) is 13.8. The van der Waals surface area contributed by atoms with Gasteiger partial charge in [0.1, 0.15) is 0 Å². The van der Waals surface area contributed by atoms with Crippen LogP contribution in [0.1, 0.15) is 35.5 Å². The maximum Gasteiger partial charge on any atom is 0.0644 e. The second kappa shape index (κ2) is 5.97. The van der Waals surface area contributed by atoms with Crippen LogP contribution in [0.4, 0.5) is 0 Å². The van der Waals surface area contributed by atoms with Gasteiger partial charge in [-0.3, -0.25) is 9.67 Å². The van der Waals surface area contributed by atoms with Gasteiger partial charge in [0, 0.05) is 36.7 Å². The molecule has 0 radical (unpaired) electrons. The van der Waals surface area contributed by atoms with Crippen molar-refractivity contribution in [2.45, 2.75) is 33.2 Å². The lowest BCUT2D eigenvalue weighted by atomic mass is 10.1. The predicted molar refractivity (Wildman–Crippen MR) is 77.0 cm³/mol. The Morgan fingerprint density at radius 1 is 1.37 bits per heavy atom. The highest BCUT2D eigenvalue weighted by atomic mass is 15.3. The van der Waals surface area contributed by atoms with Gasteiger partial charge in [0.15, 0.2) is 0 Å². The van der Waals surface area contributed by atoms with E-state index in [1.807, 2.05) is 30.2 Å². The predicted octanol–water partition coefficient (Wildman–Crippen LogP) is 2.33. The summed E-state index contributed by atoms with van der Waals surface area (Å²) >= 11 is 0. The number of hydrogen-bond acceptors (Lipinski definition) is 3. The Kier molecular flexibility index (Phi) is 4.32. The van der Waals surface area contributed by atoms with Crippen LogP contribution in [-0.4, -0.2) is 21.3 Å². The van der Waals surface area contributed by atoms with Gasteiger partial charge in [-0.15, -0.1) is 0 Å². The summed E-state index contributed by atoms with van der Waals surface area (Å²) in [5, 5.41) is 8.03. The van der Waals surface area contributed by atoms with Crippen LogP contribution >= 0.6 is 0 Å². The summed E-state index contributed by atoms with van der Waals surface area (Å²) in [4.78, 5) is 4.13. The van der Waals surface area contributed by atoms with E-state index in [4.69, 9.17) is 0 Å². The van der Waals surface area contributed by atoms with Gasteiger partial charge >= 0.3 is 0 Å². The first-order valence-corrected chi connectivity index (χ1v) is 6.72. The second-order valence-electron chi connectivity index (χ2n) is 5.00. The van der Waals surface area contributed by atoms with Crippen LogP contribution in [0.5, 0.6) is 0 Å². The van der Waals surface area contributed by atoms with E-state index in [1.54, 1.807) is 0 Å². The summed E-state index contributed by atoms with van der Waals surface area (Å²) < 4.78 is 1.95. The summed E-state index contributed by atoms with van der Waals surface area (Å²) in [7, 11) is 1.99. The molecule has 0 spiro atoms. The van der Waals surface area contributed by atoms with E-state index in [9.17, 15) is 0 Å². The molecule has 0 saturated heterocycles. The third kappa shape index (κ3) is 3.20. The van der Waals surface area contributed by atoms with E-state index in [2.05, 4.69) is 42.2 Å². The maximum atomic E-state index is 4.46. The van der Waals surface area contributed by atoms with Crippen LogP contribution in [0, 0.1) is 13.8 Å². The van der Waals surface area contributed by atoms with Crippen molar-refractivity contribution >= 4 is 0 Å². The Bertz CT molecular complexity index is 531. The van der Waals surface area contributed by atoms with Crippen LogP contribution in [-0.2, 0) is 13.5 Å². The van der Waals surface area contributed by atoms with Crippen molar-refractivity contribution in [3.05, 3.63) is 47.0 Å². The first kappa shape index (κ1) is 13.7. The van der Waals surface area contributed by atoms with Crippen molar-refractivity contribution in [2.24, 2.45) is 7.05 Å². The molecule has 0 bridgehead atoms. The number of aromatic nitrogens is 3. The molecular formula is C15H22N4. The Hall–Kier alpha value is -1.68. The summed E-state index contributed by atoms with van der Waals surface area (Å²) in [6.07, 6.45) is 4.73. The fourth-order valence-electron chi connectivity index (χ4n) is 2.50. The second-order valence-corrected chi connectivity index (χ2v) is 5.00. The molecular weight excluding hydrogens is 236 g/mol. The minimum absolute atomic E-state index is 0.324. The fraction of sp³-hybridized carbons (Fsp3) is 0.467. The zero-order valence-electron chi connectivity index (χ0n) is 12.1. The summed E-state index contributed by atoms with van der Waals surface area (Å²) in [5.41, 5.74) is 4.93. The van der Waals surface area contributed by atoms with Crippen LogP contribution in [0.3, 0.4) is 0 Å². The highest BCUT2D eigenvalue weighted by molar-refractivity contribution is 5.27. The fourth-order valence-corrected chi connectivity index (χ4v) is 2.50. The minimum atomic E-state index is 0.324.